The lowest BCUT2D eigenvalue weighted by molar-refractivity contribution is -0.121. The standard InChI is InChI=1S/C26H35F2N5O4Si/c1-8-37-24(36)33-21(30-22(34)26(12-9-13-26)38(5,6)7)16-14-32(25(3,4)20(16)31-33)23(35)29-19-17(27)11-10-15(2)18(19)28/h10-11H,8-9,12-14H2,1-7H3,(H,29,35)(H,30,34). The van der Waals surface area contributed by atoms with Crippen molar-refractivity contribution in [2.45, 2.75) is 83.7 Å². The number of amides is 3. The molecule has 38 heavy (non-hydrogen) atoms. The van der Waals surface area contributed by atoms with Crippen molar-refractivity contribution in [3.63, 3.8) is 0 Å². The van der Waals surface area contributed by atoms with Crippen molar-refractivity contribution in [3.05, 3.63) is 40.6 Å². The molecule has 1 saturated carbocycles. The van der Waals surface area contributed by atoms with Gasteiger partial charge in [-0.3, -0.25) is 4.79 Å². The van der Waals surface area contributed by atoms with E-state index in [9.17, 15) is 23.2 Å². The van der Waals surface area contributed by atoms with Gasteiger partial charge in [0.25, 0.3) is 0 Å². The number of carbonyl (C=O) groups is 3. The number of hydrogen-bond donors (Lipinski definition) is 2. The van der Waals surface area contributed by atoms with E-state index in [2.05, 4.69) is 35.4 Å². The third-order valence-electron chi connectivity index (χ3n) is 8.07. The predicted molar refractivity (Wildman–Crippen MR) is 142 cm³/mol. The van der Waals surface area contributed by atoms with E-state index in [0.29, 0.717) is 11.3 Å². The Morgan fingerprint density at radius 3 is 2.34 bits per heavy atom. The van der Waals surface area contributed by atoms with Crippen molar-refractivity contribution in [1.82, 2.24) is 14.7 Å². The van der Waals surface area contributed by atoms with Gasteiger partial charge in [-0.15, -0.1) is 4.68 Å². The van der Waals surface area contributed by atoms with Gasteiger partial charge in [0, 0.05) is 10.6 Å². The molecule has 12 heteroatoms. The third kappa shape index (κ3) is 4.28. The minimum Gasteiger partial charge on any atom is -0.448 e. The molecule has 2 heterocycles. The summed E-state index contributed by atoms with van der Waals surface area (Å²) in [4.78, 5) is 41.1. The third-order valence-corrected chi connectivity index (χ3v) is 11.7. The van der Waals surface area contributed by atoms with E-state index >= 15 is 0 Å². The lowest BCUT2D eigenvalue weighted by atomic mass is 9.83. The number of anilines is 2. The minimum absolute atomic E-state index is 0.0435. The number of urea groups is 1. The van der Waals surface area contributed by atoms with Crippen molar-refractivity contribution in [2.75, 3.05) is 17.2 Å². The monoisotopic (exact) mass is 547 g/mol. The van der Waals surface area contributed by atoms with E-state index in [1.807, 2.05) is 0 Å². The van der Waals surface area contributed by atoms with Crippen LogP contribution in [0.15, 0.2) is 12.1 Å². The van der Waals surface area contributed by atoms with Crippen LogP contribution in [0.4, 0.5) is 29.9 Å². The number of fused-ring (bicyclic) bond motifs is 1. The average molecular weight is 548 g/mol. The quantitative estimate of drug-likeness (QED) is 0.450. The number of aryl methyl sites for hydroxylation is 1. The van der Waals surface area contributed by atoms with Crippen molar-refractivity contribution in [2.24, 2.45) is 0 Å². The summed E-state index contributed by atoms with van der Waals surface area (Å²) in [7, 11) is -1.93. The number of nitrogens with one attached hydrogen (secondary N) is 2. The number of nitrogens with zero attached hydrogens (tertiary/aromatic N) is 3. The van der Waals surface area contributed by atoms with Crippen molar-refractivity contribution in [1.29, 1.82) is 0 Å². The highest BCUT2D eigenvalue weighted by Gasteiger charge is 2.54. The lowest BCUT2D eigenvalue weighted by Gasteiger charge is -2.48. The molecule has 1 aromatic carbocycles. The van der Waals surface area contributed by atoms with Gasteiger partial charge in [-0.25, -0.2) is 18.4 Å². The van der Waals surface area contributed by atoms with Gasteiger partial charge >= 0.3 is 12.1 Å². The molecule has 0 atom stereocenters. The zero-order chi connectivity index (χ0) is 28.2. The summed E-state index contributed by atoms with van der Waals surface area (Å²) < 4.78 is 35.2. The van der Waals surface area contributed by atoms with Crippen molar-refractivity contribution in [3.8, 4) is 0 Å². The van der Waals surface area contributed by atoms with E-state index in [4.69, 9.17) is 4.74 Å². The number of aromatic nitrogens is 2. The Balaban J connectivity index is 1.71. The summed E-state index contributed by atoms with van der Waals surface area (Å²) in [6, 6.07) is 1.64. The minimum atomic E-state index is -1.93. The summed E-state index contributed by atoms with van der Waals surface area (Å²) in [5.41, 5.74) is -0.560. The largest absolute Gasteiger partial charge is 0.448 e. The van der Waals surface area contributed by atoms with Gasteiger partial charge in [-0.05, 0) is 52.2 Å². The molecule has 0 saturated heterocycles. The number of ether oxygens (including phenoxy) is 1. The number of hydrogen-bond acceptors (Lipinski definition) is 5. The summed E-state index contributed by atoms with van der Waals surface area (Å²) in [5.74, 6) is -1.76. The molecule has 2 N–H and O–H groups in total. The summed E-state index contributed by atoms with van der Waals surface area (Å²) >= 11 is 0. The number of carbonyl (C=O) groups excluding carboxylic acids is 3. The second kappa shape index (κ2) is 9.48. The Hall–Kier alpha value is -3.28. The highest BCUT2D eigenvalue weighted by Crippen LogP contribution is 2.56. The predicted octanol–water partition coefficient (Wildman–Crippen LogP) is 5.96. The average Bonchev–Trinajstić information content (AvgIpc) is 3.26. The van der Waals surface area contributed by atoms with Gasteiger partial charge in [-0.2, -0.15) is 5.10 Å². The topological polar surface area (TPSA) is 106 Å². The molecule has 0 spiro atoms. The first-order valence-corrected chi connectivity index (χ1v) is 16.3. The summed E-state index contributed by atoms with van der Waals surface area (Å²) in [6.45, 7) is 13.1. The van der Waals surface area contributed by atoms with Gasteiger partial charge in [0.2, 0.25) is 5.91 Å². The molecular weight excluding hydrogens is 512 g/mol. The van der Waals surface area contributed by atoms with Gasteiger partial charge in [0.15, 0.2) is 5.82 Å². The van der Waals surface area contributed by atoms with Crippen molar-refractivity contribution >= 4 is 37.6 Å². The maximum absolute atomic E-state index is 14.6. The molecule has 206 valence electrons. The van der Waals surface area contributed by atoms with E-state index in [1.54, 1.807) is 20.8 Å². The van der Waals surface area contributed by atoms with Crippen LogP contribution in [0.25, 0.3) is 0 Å². The van der Waals surface area contributed by atoms with Crippen LogP contribution in [0.2, 0.25) is 24.7 Å². The number of benzene rings is 1. The van der Waals surface area contributed by atoms with E-state index < -0.39 is 48.1 Å². The van der Waals surface area contributed by atoms with Crippen LogP contribution in [0.3, 0.4) is 0 Å². The first-order valence-electron chi connectivity index (χ1n) is 12.8. The fourth-order valence-corrected chi connectivity index (χ4v) is 7.96. The normalized spacial score (nSPS) is 17.4. The van der Waals surface area contributed by atoms with Crippen LogP contribution in [0, 0.1) is 18.6 Å². The summed E-state index contributed by atoms with van der Waals surface area (Å²) in [6.07, 6.45) is 1.76. The van der Waals surface area contributed by atoms with Gasteiger partial charge in [0.1, 0.15) is 17.3 Å². The Labute approximate surface area is 221 Å². The Bertz CT molecular complexity index is 1310. The smallest absolute Gasteiger partial charge is 0.436 e. The molecule has 0 radical (unpaired) electrons. The zero-order valence-corrected chi connectivity index (χ0v) is 23.9. The molecule has 0 unspecified atom stereocenters. The maximum Gasteiger partial charge on any atom is 0.436 e. The van der Waals surface area contributed by atoms with Gasteiger partial charge in [0.05, 0.1) is 32.5 Å². The molecule has 9 nitrogen and oxygen atoms in total. The molecule has 0 bridgehead atoms. The fraction of sp³-hybridized carbons (Fsp3) is 0.538. The second-order valence-electron chi connectivity index (χ2n) is 11.6. The highest BCUT2D eigenvalue weighted by molar-refractivity contribution is 6.83. The van der Waals surface area contributed by atoms with Crippen LogP contribution in [0.1, 0.15) is 56.9 Å². The van der Waals surface area contributed by atoms with Crippen LogP contribution >= 0.6 is 0 Å². The fourth-order valence-electron chi connectivity index (χ4n) is 5.37. The Morgan fingerprint density at radius 1 is 1.13 bits per heavy atom. The molecule has 4 rings (SSSR count). The molecule has 3 amide bonds. The van der Waals surface area contributed by atoms with Gasteiger partial charge < -0.3 is 20.3 Å². The van der Waals surface area contributed by atoms with Crippen LogP contribution < -0.4 is 10.6 Å². The first kappa shape index (κ1) is 27.7. The van der Waals surface area contributed by atoms with Crippen LogP contribution in [-0.4, -0.2) is 47.4 Å². The highest BCUT2D eigenvalue weighted by atomic mass is 28.3. The molecule has 1 aliphatic heterocycles. The summed E-state index contributed by atoms with van der Waals surface area (Å²) in [5, 5.41) is 9.30. The van der Waals surface area contributed by atoms with E-state index in [0.717, 1.165) is 30.0 Å². The van der Waals surface area contributed by atoms with E-state index in [-0.39, 0.29) is 30.4 Å². The lowest BCUT2D eigenvalue weighted by Crippen LogP contribution is -2.52. The Morgan fingerprint density at radius 2 is 1.79 bits per heavy atom. The maximum atomic E-state index is 14.6. The molecule has 2 aromatic rings. The molecule has 1 aliphatic carbocycles. The molecule has 1 aromatic heterocycles. The van der Waals surface area contributed by atoms with Gasteiger partial charge in [-0.1, -0.05) is 32.1 Å². The van der Waals surface area contributed by atoms with Crippen LogP contribution in [-0.2, 0) is 21.6 Å². The Kier molecular flexibility index (Phi) is 6.92. The van der Waals surface area contributed by atoms with E-state index in [1.165, 1.54) is 17.9 Å². The number of halogens is 2. The van der Waals surface area contributed by atoms with Crippen molar-refractivity contribution < 1.29 is 27.9 Å². The molecular formula is C26H35F2N5O4Si. The zero-order valence-electron chi connectivity index (χ0n) is 22.9. The first-order chi connectivity index (χ1) is 17.7. The SMILES string of the molecule is CCOC(=O)n1nc2c(c1NC(=O)C1([Si](C)(C)C)CCC1)CN(C(=O)Nc1c(F)ccc(C)c1F)C2(C)C. The van der Waals surface area contributed by atoms with Crippen LogP contribution in [0.5, 0.6) is 0 Å². The molecule has 1 fully saturated rings. The number of rotatable bonds is 5. The molecule has 2 aliphatic rings. The second-order valence-corrected chi connectivity index (χ2v) is 17.0.